The van der Waals surface area contributed by atoms with Gasteiger partial charge in [0.15, 0.2) is 0 Å². The molecule has 0 fully saturated rings. The number of halogens is 1. The fourth-order valence-corrected chi connectivity index (χ4v) is 2.14. The molecule has 112 valence electrons. The van der Waals surface area contributed by atoms with Gasteiger partial charge in [-0.05, 0) is 43.5 Å². The van der Waals surface area contributed by atoms with Crippen molar-refractivity contribution in [2.45, 2.75) is 27.7 Å². The number of aromatic nitrogens is 2. The van der Waals surface area contributed by atoms with E-state index in [0.29, 0.717) is 11.9 Å². The molecule has 0 aliphatic heterocycles. The summed E-state index contributed by atoms with van der Waals surface area (Å²) >= 11 is 5.98. The maximum absolute atomic E-state index is 5.98. The number of aryl methyl sites for hydroxylation is 2. The van der Waals surface area contributed by atoms with Crippen molar-refractivity contribution in [3.8, 4) is 0 Å². The second-order valence-corrected chi connectivity index (χ2v) is 6.01. The first kappa shape index (κ1) is 15.6. The highest BCUT2D eigenvalue weighted by Gasteiger charge is 2.05. The van der Waals surface area contributed by atoms with Gasteiger partial charge in [-0.25, -0.2) is 4.98 Å². The van der Waals surface area contributed by atoms with E-state index in [9.17, 15) is 0 Å². The van der Waals surface area contributed by atoms with Crippen LogP contribution in [0.4, 0.5) is 17.5 Å². The van der Waals surface area contributed by atoms with Gasteiger partial charge in [0.05, 0.1) is 0 Å². The number of hydrogen-bond acceptors (Lipinski definition) is 4. The van der Waals surface area contributed by atoms with Crippen LogP contribution in [0.15, 0.2) is 24.3 Å². The summed E-state index contributed by atoms with van der Waals surface area (Å²) in [4.78, 5) is 8.90. The molecule has 1 aromatic heterocycles. The first-order chi connectivity index (χ1) is 9.94. The summed E-state index contributed by atoms with van der Waals surface area (Å²) in [6, 6.07) is 7.67. The predicted molar refractivity (Wildman–Crippen MR) is 89.6 cm³/mol. The summed E-state index contributed by atoms with van der Waals surface area (Å²) < 4.78 is 0. The fraction of sp³-hybridized carbons (Fsp3) is 0.375. The Balaban J connectivity index is 2.19. The molecule has 1 heterocycles. The Hall–Kier alpha value is -1.81. The molecule has 0 bridgehead atoms. The van der Waals surface area contributed by atoms with Gasteiger partial charge < -0.3 is 10.6 Å². The third-order valence-corrected chi connectivity index (χ3v) is 3.21. The molecular formula is C16H21ClN4. The van der Waals surface area contributed by atoms with Crippen LogP contribution in [0.1, 0.15) is 25.1 Å². The smallest absolute Gasteiger partial charge is 0.224 e. The minimum atomic E-state index is 0.545. The lowest BCUT2D eigenvalue weighted by molar-refractivity contribution is 0.684. The van der Waals surface area contributed by atoms with E-state index in [0.717, 1.165) is 34.3 Å². The van der Waals surface area contributed by atoms with Gasteiger partial charge in [-0.1, -0.05) is 25.4 Å². The molecule has 0 saturated carbocycles. The number of benzene rings is 1. The molecule has 2 aromatic rings. The monoisotopic (exact) mass is 304 g/mol. The average molecular weight is 305 g/mol. The van der Waals surface area contributed by atoms with E-state index in [1.54, 1.807) is 0 Å². The number of rotatable bonds is 5. The Morgan fingerprint density at radius 1 is 1.14 bits per heavy atom. The van der Waals surface area contributed by atoms with Gasteiger partial charge in [0.25, 0.3) is 0 Å². The van der Waals surface area contributed by atoms with Crippen LogP contribution in [0, 0.1) is 19.8 Å². The molecular weight excluding hydrogens is 284 g/mol. The molecule has 0 saturated heterocycles. The summed E-state index contributed by atoms with van der Waals surface area (Å²) in [7, 11) is 0. The molecule has 1 aromatic carbocycles. The summed E-state index contributed by atoms with van der Waals surface area (Å²) in [5, 5.41) is 7.30. The van der Waals surface area contributed by atoms with Gasteiger partial charge in [-0.15, -0.1) is 0 Å². The molecule has 0 aliphatic carbocycles. The minimum Gasteiger partial charge on any atom is -0.354 e. The number of anilines is 3. The predicted octanol–water partition coefficient (Wildman–Crippen LogP) is 4.56. The van der Waals surface area contributed by atoms with Crippen LogP contribution in [0.5, 0.6) is 0 Å². The van der Waals surface area contributed by atoms with Gasteiger partial charge in [-0.3, -0.25) is 0 Å². The highest BCUT2D eigenvalue weighted by Crippen LogP contribution is 2.23. The lowest BCUT2D eigenvalue weighted by atomic mass is 10.2. The second-order valence-electron chi connectivity index (χ2n) is 5.58. The molecule has 2 rings (SSSR count). The third kappa shape index (κ3) is 4.60. The topological polar surface area (TPSA) is 49.8 Å². The normalized spacial score (nSPS) is 10.8. The van der Waals surface area contributed by atoms with E-state index < -0.39 is 0 Å². The SMILES string of the molecule is Cc1cc(Nc2ccc(Cl)cc2C)nc(NCC(C)C)n1. The zero-order chi connectivity index (χ0) is 15.4. The van der Waals surface area contributed by atoms with Gasteiger partial charge >= 0.3 is 0 Å². The Bertz CT molecular complexity index is 626. The van der Waals surface area contributed by atoms with Crippen LogP contribution in [0.3, 0.4) is 0 Å². The van der Waals surface area contributed by atoms with Gasteiger partial charge in [0.1, 0.15) is 5.82 Å². The zero-order valence-corrected chi connectivity index (χ0v) is 13.6. The summed E-state index contributed by atoms with van der Waals surface area (Å²) in [6.45, 7) is 9.13. The van der Waals surface area contributed by atoms with E-state index in [1.165, 1.54) is 0 Å². The van der Waals surface area contributed by atoms with E-state index in [-0.39, 0.29) is 0 Å². The molecule has 0 unspecified atom stereocenters. The number of hydrogen-bond donors (Lipinski definition) is 2. The summed E-state index contributed by atoms with van der Waals surface area (Å²) in [5.41, 5.74) is 2.99. The number of nitrogens with zero attached hydrogens (tertiary/aromatic N) is 2. The van der Waals surface area contributed by atoms with Crippen molar-refractivity contribution in [1.29, 1.82) is 0 Å². The van der Waals surface area contributed by atoms with Crippen LogP contribution in [0.25, 0.3) is 0 Å². The van der Waals surface area contributed by atoms with Crippen molar-refractivity contribution in [3.05, 3.63) is 40.5 Å². The Kier molecular flexibility index (Phi) is 5.02. The first-order valence-corrected chi connectivity index (χ1v) is 7.44. The van der Waals surface area contributed by atoms with Crippen LogP contribution in [-0.2, 0) is 0 Å². The largest absolute Gasteiger partial charge is 0.354 e. The van der Waals surface area contributed by atoms with Crippen molar-refractivity contribution < 1.29 is 0 Å². The van der Waals surface area contributed by atoms with Gasteiger partial charge in [-0.2, -0.15) is 4.98 Å². The van der Waals surface area contributed by atoms with E-state index in [2.05, 4.69) is 34.4 Å². The third-order valence-electron chi connectivity index (χ3n) is 2.97. The first-order valence-electron chi connectivity index (χ1n) is 7.07. The van der Waals surface area contributed by atoms with Crippen molar-refractivity contribution in [3.63, 3.8) is 0 Å². The summed E-state index contributed by atoms with van der Waals surface area (Å²) in [5.74, 6) is 1.97. The molecule has 0 aliphatic rings. The van der Waals surface area contributed by atoms with E-state index >= 15 is 0 Å². The molecule has 0 spiro atoms. The van der Waals surface area contributed by atoms with Crippen LogP contribution >= 0.6 is 11.6 Å². The average Bonchev–Trinajstić information content (AvgIpc) is 2.39. The quantitative estimate of drug-likeness (QED) is 0.850. The highest BCUT2D eigenvalue weighted by atomic mass is 35.5. The van der Waals surface area contributed by atoms with Gasteiger partial charge in [0.2, 0.25) is 5.95 Å². The molecule has 21 heavy (non-hydrogen) atoms. The Morgan fingerprint density at radius 2 is 1.90 bits per heavy atom. The number of nitrogens with one attached hydrogen (secondary N) is 2. The zero-order valence-electron chi connectivity index (χ0n) is 12.9. The molecule has 2 N–H and O–H groups in total. The van der Waals surface area contributed by atoms with Crippen molar-refractivity contribution in [1.82, 2.24) is 9.97 Å². The minimum absolute atomic E-state index is 0.545. The molecule has 5 heteroatoms. The maximum Gasteiger partial charge on any atom is 0.224 e. The van der Waals surface area contributed by atoms with Crippen LogP contribution in [0.2, 0.25) is 5.02 Å². The van der Waals surface area contributed by atoms with Gasteiger partial charge in [0, 0.05) is 29.0 Å². The molecule has 0 radical (unpaired) electrons. The molecule has 0 atom stereocenters. The fourth-order valence-electron chi connectivity index (χ4n) is 1.91. The lowest BCUT2D eigenvalue weighted by Gasteiger charge is -2.12. The van der Waals surface area contributed by atoms with Crippen LogP contribution < -0.4 is 10.6 Å². The second kappa shape index (κ2) is 6.76. The Morgan fingerprint density at radius 3 is 2.57 bits per heavy atom. The van der Waals surface area contributed by atoms with Crippen LogP contribution in [-0.4, -0.2) is 16.5 Å². The van der Waals surface area contributed by atoms with E-state index in [4.69, 9.17) is 11.6 Å². The molecule has 0 amide bonds. The van der Waals surface area contributed by atoms with Crippen molar-refractivity contribution >= 4 is 29.1 Å². The lowest BCUT2D eigenvalue weighted by Crippen LogP contribution is -2.11. The van der Waals surface area contributed by atoms with Crippen molar-refractivity contribution in [2.75, 3.05) is 17.2 Å². The van der Waals surface area contributed by atoms with Crippen molar-refractivity contribution in [2.24, 2.45) is 5.92 Å². The summed E-state index contributed by atoms with van der Waals surface area (Å²) in [6.07, 6.45) is 0. The maximum atomic E-state index is 5.98. The Labute approximate surface area is 131 Å². The molecule has 4 nitrogen and oxygen atoms in total. The highest BCUT2D eigenvalue weighted by molar-refractivity contribution is 6.30. The standard InChI is InChI=1S/C16H21ClN4/c1-10(2)9-18-16-19-12(4)8-15(21-16)20-14-6-5-13(17)7-11(14)3/h5-8,10H,9H2,1-4H3,(H2,18,19,20,21). The van der Waals surface area contributed by atoms with E-state index in [1.807, 2.05) is 38.1 Å².